The zero-order valence-electron chi connectivity index (χ0n) is 16.6. The summed E-state index contributed by atoms with van der Waals surface area (Å²) < 4.78 is 37.8. The van der Waals surface area contributed by atoms with Crippen LogP contribution in [-0.2, 0) is 17.8 Å². The molecule has 9 heteroatoms. The average Bonchev–Trinajstić information content (AvgIpc) is 2.73. The number of aromatic nitrogens is 1. The zero-order valence-corrected chi connectivity index (χ0v) is 16.6. The number of nitrogens with two attached hydrogens (primary N) is 1. The highest BCUT2D eigenvalue weighted by Gasteiger charge is 2.32. The van der Waals surface area contributed by atoms with Crippen LogP contribution in [-0.4, -0.2) is 41.3 Å². The molecule has 2 aromatic rings. The first-order valence-corrected chi connectivity index (χ1v) is 9.56. The number of halogens is 3. The van der Waals surface area contributed by atoms with Gasteiger partial charge in [0.05, 0.1) is 6.54 Å². The molecular weight excluding hydrogens is 407 g/mol. The van der Waals surface area contributed by atoms with Crippen LogP contribution in [0.25, 0.3) is 11.6 Å². The number of hydrogen-bond acceptors (Lipinski definition) is 5. The van der Waals surface area contributed by atoms with Crippen molar-refractivity contribution < 1.29 is 18.0 Å². The maximum atomic E-state index is 12.6. The van der Waals surface area contributed by atoms with Gasteiger partial charge in [-0.2, -0.15) is 13.2 Å². The number of nitrogens with zero attached hydrogens (tertiary/aromatic N) is 2. The van der Waals surface area contributed by atoms with Crippen molar-refractivity contribution in [3.8, 4) is 0 Å². The number of allylic oxidation sites excluding steroid dienone is 1. The first-order valence-electron chi connectivity index (χ1n) is 9.56. The Morgan fingerprint density at radius 1 is 1.29 bits per heavy atom. The Morgan fingerprint density at radius 3 is 2.81 bits per heavy atom. The fraction of sp³-hybridized carbons (Fsp3) is 0.227. The van der Waals surface area contributed by atoms with Crippen LogP contribution in [0.5, 0.6) is 0 Å². The fourth-order valence-corrected chi connectivity index (χ4v) is 3.45. The molecule has 1 aliphatic rings. The number of alkyl halides is 3. The monoisotopic (exact) mass is 429 g/mol. The maximum absolute atomic E-state index is 12.6. The normalized spacial score (nSPS) is 15.0. The highest BCUT2D eigenvalue weighted by molar-refractivity contribution is 6.10. The molecule has 0 bridgehead atoms. The third kappa shape index (κ3) is 6.02. The Labute approximate surface area is 177 Å². The molecule has 6 nitrogen and oxygen atoms in total. The van der Waals surface area contributed by atoms with Crippen LogP contribution in [0.15, 0.2) is 48.9 Å². The Balaban J connectivity index is 1.67. The Morgan fingerprint density at radius 2 is 2.10 bits per heavy atom. The molecule has 0 atom stereocenters. The quantitative estimate of drug-likeness (QED) is 0.483. The number of benzene rings is 1. The van der Waals surface area contributed by atoms with Crippen molar-refractivity contribution >= 4 is 29.5 Å². The van der Waals surface area contributed by atoms with Gasteiger partial charge in [-0.05, 0) is 47.4 Å². The molecular formula is C22H22F3N5O. The van der Waals surface area contributed by atoms with Gasteiger partial charge in [-0.3, -0.25) is 14.7 Å². The molecule has 1 amide bonds. The Hall–Kier alpha value is -3.46. The second-order valence-corrected chi connectivity index (χ2v) is 7.11. The summed E-state index contributed by atoms with van der Waals surface area (Å²) in [5.74, 6) is -0.364. The van der Waals surface area contributed by atoms with Crippen molar-refractivity contribution in [3.63, 3.8) is 0 Å². The number of carbonyl (C=O) groups is 1. The van der Waals surface area contributed by atoms with Crippen LogP contribution < -0.4 is 11.1 Å². The average molecular weight is 429 g/mol. The molecule has 31 heavy (non-hydrogen) atoms. The highest BCUT2D eigenvalue weighted by Crippen LogP contribution is 2.26. The summed E-state index contributed by atoms with van der Waals surface area (Å²) >= 11 is 0. The molecule has 0 saturated heterocycles. The predicted molar refractivity (Wildman–Crippen MR) is 114 cm³/mol. The van der Waals surface area contributed by atoms with Crippen LogP contribution in [0.2, 0.25) is 0 Å². The molecule has 0 radical (unpaired) electrons. The van der Waals surface area contributed by atoms with E-state index in [1.165, 1.54) is 17.2 Å². The van der Waals surface area contributed by atoms with Crippen molar-refractivity contribution in [2.75, 3.05) is 18.4 Å². The van der Waals surface area contributed by atoms with Gasteiger partial charge in [0.25, 0.3) is 0 Å². The third-order valence-corrected chi connectivity index (χ3v) is 4.88. The number of amides is 1. The SMILES string of the molecule is N=C/C(=C\N)c1ccncc1/C=C/C(=O)Nc1ccc2c(c1)CCN(CC(F)(F)F)C2. The lowest BCUT2D eigenvalue weighted by Crippen LogP contribution is -2.37. The van der Waals surface area contributed by atoms with E-state index in [0.29, 0.717) is 35.4 Å². The number of nitrogens with one attached hydrogen (secondary N) is 2. The van der Waals surface area contributed by atoms with Gasteiger partial charge in [0, 0.05) is 60.8 Å². The fourth-order valence-electron chi connectivity index (χ4n) is 3.45. The first kappa shape index (κ1) is 22.2. The van der Waals surface area contributed by atoms with Crippen LogP contribution in [0.3, 0.4) is 0 Å². The smallest absolute Gasteiger partial charge is 0.401 e. The number of hydrogen-bond donors (Lipinski definition) is 3. The van der Waals surface area contributed by atoms with Gasteiger partial charge < -0.3 is 16.5 Å². The number of carbonyl (C=O) groups excluding carboxylic acids is 1. The molecule has 0 unspecified atom stereocenters. The van der Waals surface area contributed by atoms with Gasteiger partial charge in [0.1, 0.15) is 0 Å². The Kier molecular flexibility index (Phi) is 6.86. The highest BCUT2D eigenvalue weighted by atomic mass is 19.4. The molecule has 1 aromatic carbocycles. The van der Waals surface area contributed by atoms with Gasteiger partial charge in [-0.15, -0.1) is 0 Å². The maximum Gasteiger partial charge on any atom is 0.401 e. The summed E-state index contributed by atoms with van der Waals surface area (Å²) in [4.78, 5) is 17.7. The van der Waals surface area contributed by atoms with Gasteiger partial charge in [0.15, 0.2) is 0 Å². The summed E-state index contributed by atoms with van der Waals surface area (Å²) in [6.45, 7) is -0.376. The van der Waals surface area contributed by atoms with Gasteiger partial charge in [-0.1, -0.05) is 6.07 Å². The molecule has 0 saturated carbocycles. The molecule has 4 N–H and O–H groups in total. The predicted octanol–water partition coefficient (Wildman–Crippen LogP) is 3.60. The van der Waals surface area contributed by atoms with Crippen LogP contribution >= 0.6 is 0 Å². The van der Waals surface area contributed by atoms with Crippen molar-refractivity contribution in [3.05, 3.63) is 71.2 Å². The van der Waals surface area contributed by atoms with E-state index in [1.54, 1.807) is 42.7 Å². The van der Waals surface area contributed by atoms with Crippen molar-refractivity contribution in [2.24, 2.45) is 5.73 Å². The van der Waals surface area contributed by atoms with Crippen LogP contribution in [0, 0.1) is 5.41 Å². The molecule has 0 spiro atoms. The van der Waals surface area contributed by atoms with Crippen LogP contribution in [0.1, 0.15) is 22.3 Å². The first-order chi connectivity index (χ1) is 14.8. The largest absolute Gasteiger partial charge is 0.404 e. The lowest BCUT2D eigenvalue weighted by atomic mass is 9.99. The molecule has 162 valence electrons. The van der Waals surface area contributed by atoms with Crippen molar-refractivity contribution in [1.29, 1.82) is 5.41 Å². The second-order valence-electron chi connectivity index (χ2n) is 7.11. The molecule has 0 aliphatic carbocycles. The molecule has 1 aromatic heterocycles. The Bertz CT molecular complexity index is 1030. The van der Waals surface area contributed by atoms with E-state index in [2.05, 4.69) is 10.3 Å². The van der Waals surface area contributed by atoms with Crippen molar-refractivity contribution in [2.45, 2.75) is 19.1 Å². The number of fused-ring (bicyclic) bond motifs is 1. The van der Waals surface area contributed by atoms with E-state index in [0.717, 1.165) is 17.3 Å². The van der Waals surface area contributed by atoms with E-state index in [1.807, 2.05) is 0 Å². The summed E-state index contributed by atoms with van der Waals surface area (Å²) in [6.07, 6.45) is 4.77. The molecule has 0 fully saturated rings. The minimum Gasteiger partial charge on any atom is -0.404 e. The topological polar surface area (TPSA) is 95.1 Å². The van der Waals surface area contributed by atoms with Gasteiger partial charge in [0.2, 0.25) is 5.91 Å². The lowest BCUT2D eigenvalue weighted by molar-refractivity contribution is -0.147. The zero-order chi connectivity index (χ0) is 22.4. The molecule has 3 rings (SSSR count). The summed E-state index contributed by atoms with van der Waals surface area (Å²) in [5.41, 5.74) is 9.68. The summed E-state index contributed by atoms with van der Waals surface area (Å²) in [7, 11) is 0. The third-order valence-electron chi connectivity index (χ3n) is 4.88. The van der Waals surface area contributed by atoms with E-state index in [4.69, 9.17) is 11.1 Å². The summed E-state index contributed by atoms with van der Waals surface area (Å²) in [6, 6.07) is 6.93. The van der Waals surface area contributed by atoms with E-state index >= 15 is 0 Å². The minimum absolute atomic E-state index is 0.233. The summed E-state index contributed by atoms with van der Waals surface area (Å²) in [5, 5.41) is 10.2. The van der Waals surface area contributed by atoms with Gasteiger partial charge in [-0.25, -0.2) is 0 Å². The van der Waals surface area contributed by atoms with E-state index < -0.39 is 12.7 Å². The number of rotatable bonds is 6. The number of pyridine rings is 1. The molecule has 2 heterocycles. The standard InChI is InChI=1S/C22H22F3N5O/c23-22(24,25)14-30-8-6-15-9-19(3-1-17(15)13-30)29-21(31)4-2-16-12-28-7-5-20(16)18(10-26)11-27/h1-5,7,9-12,26H,6,8,13-14,27H2,(H,29,31)/b4-2+,18-11+,26-10?. The van der Waals surface area contributed by atoms with E-state index in [-0.39, 0.29) is 12.5 Å². The van der Waals surface area contributed by atoms with Crippen LogP contribution in [0.4, 0.5) is 18.9 Å². The lowest BCUT2D eigenvalue weighted by Gasteiger charge is -2.29. The second kappa shape index (κ2) is 9.57. The number of anilines is 1. The van der Waals surface area contributed by atoms with Gasteiger partial charge >= 0.3 is 6.18 Å². The minimum atomic E-state index is -4.22. The van der Waals surface area contributed by atoms with E-state index in [9.17, 15) is 18.0 Å². The van der Waals surface area contributed by atoms with Crippen molar-refractivity contribution in [1.82, 2.24) is 9.88 Å². The molecule has 1 aliphatic heterocycles.